The van der Waals surface area contributed by atoms with Crippen LogP contribution in [-0.2, 0) is 11.3 Å². The van der Waals surface area contributed by atoms with E-state index >= 15 is 0 Å². The maximum Gasteiger partial charge on any atom is 0.255 e. The summed E-state index contributed by atoms with van der Waals surface area (Å²) in [4.78, 5) is 21.4. The van der Waals surface area contributed by atoms with Gasteiger partial charge in [0.05, 0.1) is 29.5 Å². The second kappa shape index (κ2) is 7.32. The number of hydrogen-bond donors (Lipinski definition) is 1. The molecule has 28 heavy (non-hydrogen) atoms. The zero-order chi connectivity index (χ0) is 19.7. The summed E-state index contributed by atoms with van der Waals surface area (Å²) in [6, 6.07) is 9.05. The fourth-order valence-corrected chi connectivity index (χ4v) is 3.14. The lowest BCUT2D eigenvalue weighted by Crippen LogP contribution is -2.12. The number of imidazole rings is 1. The average Bonchev–Trinajstić information content (AvgIpc) is 3.03. The second-order valence-corrected chi connectivity index (χ2v) is 6.55. The van der Waals surface area contributed by atoms with Gasteiger partial charge in [-0.25, -0.2) is 4.98 Å². The zero-order valence-corrected chi connectivity index (χ0v) is 15.9. The number of anilines is 1. The largest absolute Gasteiger partial charge is 0.383 e. The van der Waals surface area contributed by atoms with Crippen molar-refractivity contribution in [3.63, 3.8) is 0 Å². The standard InChI is InChI=1S/C20H20N6O2/c1-12-4-6-15(11-21-12)23-20(27)14-5-7-17-16(10-14)18-19(25-24-17)22-13(2)26(18)8-9-28-3/h4-7,10-11H,8-9H2,1-3H3,(H,23,27). The SMILES string of the molecule is COCCn1c(C)nc2nnc3ccc(C(=O)Nc4ccc(C)nc4)cc3c21. The van der Waals surface area contributed by atoms with Crippen molar-refractivity contribution in [1.82, 2.24) is 24.7 Å². The van der Waals surface area contributed by atoms with Crippen LogP contribution >= 0.6 is 0 Å². The van der Waals surface area contributed by atoms with Gasteiger partial charge >= 0.3 is 0 Å². The van der Waals surface area contributed by atoms with Gasteiger partial charge in [-0.3, -0.25) is 9.78 Å². The Kier molecular flexibility index (Phi) is 4.70. The van der Waals surface area contributed by atoms with Gasteiger partial charge in [0.25, 0.3) is 5.91 Å². The molecule has 0 fully saturated rings. The number of nitrogens with zero attached hydrogens (tertiary/aromatic N) is 5. The summed E-state index contributed by atoms with van der Waals surface area (Å²) in [5.74, 6) is 0.617. The molecule has 0 spiro atoms. The van der Waals surface area contributed by atoms with Crippen LogP contribution in [-0.4, -0.2) is 44.4 Å². The fraction of sp³-hybridized carbons (Fsp3) is 0.250. The van der Waals surface area contributed by atoms with Gasteiger partial charge < -0.3 is 14.6 Å². The van der Waals surface area contributed by atoms with E-state index in [-0.39, 0.29) is 5.91 Å². The number of methoxy groups -OCH3 is 1. The first kappa shape index (κ1) is 18.0. The monoisotopic (exact) mass is 376 g/mol. The first-order chi connectivity index (χ1) is 13.6. The highest BCUT2D eigenvalue weighted by Crippen LogP contribution is 2.24. The average molecular weight is 376 g/mol. The number of carbonyl (C=O) groups excluding carboxylic acids is 1. The van der Waals surface area contributed by atoms with Crippen LogP contribution < -0.4 is 5.32 Å². The molecule has 8 nitrogen and oxygen atoms in total. The smallest absolute Gasteiger partial charge is 0.255 e. The van der Waals surface area contributed by atoms with Gasteiger partial charge in [0.2, 0.25) is 5.65 Å². The number of ether oxygens (including phenoxy) is 1. The van der Waals surface area contributed by atoms with Crippen molar-refractivity contribution in [2.24, 2.45) is 0 Å². The molecular weight excluding hydrogens is 356 g/mol. The number of pyridine rings is 1. The molecule has 4 aromatic rings. The predicted molar refractivity (Wildman–Crippen MR) is 106 cm³/mol. The number of fused-ring (bicyclic) bond motifs is 3. The summed E-state index contributed by atoms with van der Waals surface area (Å²) in [6.45, 7) is 5.02. The lowest BCUT2D eigenvalue weighted by Gasteiger charge is -2.09. The van der Waals surface area contributed by atoms with E-state index in [1.54, 1.807) is 25.4 Å². The normalized spacial score (nSPS) is 11.2. The number of aromatic nitrogens is 5. The van der Waals surface area contributed by atoms with Crippen molar-refractivity contribution in [2.45, 2.75) is 20.4 Å². The van der Waals surface area contributed by atoms with Gasteiger partial charge in [0.15, 0.2) is 0 Å². The summed E-state index contributed by atoms with van der Waals surface area (Å²) >= 11 is 0. The second-order valence-electron chi connectivity index (χ2n) is 6.55. The minimum absolute atomic E-state index is 0.211. The van der Waals surface area contributed by atoms with Crippen LogP contribution in [0.5, 0.6) is 0 Å². The topological polar surface area (TPSA) is 94.8 Å². The third-order valence-electron chi connectivity index (χ3n) is 4.59. The molecule has 1 aromatic carbocycles. The van der Waals surface area contributed by atoms with Crippen LogP contribution in [0.3, 0.4) is 0 Å². The van der Waals surface area contributed by atoms with Crippen molar-refractivity contribution in [3.8, 4) is 0 Å². The van der Waals surface area contributed by atoms with Crippen molar-refractivity contribution in [3.05, 3.63) is 53.6 Å². The molecule has 0 saturated heterocycles. The fourth-order valence-electron chi connectivity index (χ4n) is 3.14. The highest BCUT2D eigenvalue weighted by Gasteiger charge is 2.15. The number of rotatable bonds is 5. The van der Waals surface area contributed by atoms with E-state index in [2.05, 4.69) is 25.5 Å². The summed E-state index contributed by atoms with van der Waals surface area (Å²) in [5, 5.41) is 12.2. The number of amides is 1. The van der Waals surface area contributed by atoms with Gasteiger partial charge in [-0.2, -0.15) is 0 Å². The van der Waals surface area contributed by atoms with Crippen LogP contribution in [0.4, 0.5) is 5.69 Å². The Morgan fingerprint density at radius 1 is 1.18 bits per heavy atom. The molecule has 3 aromatic heterocycles. The maximum atomic E-state index is 12.7. The Morgan fingerprint density at radius 3 is 2.79 bits per heavy atom. The van der Waals surface area contributed by atoms with Crippen molar-refractivity contribution in [2.75, 3.05) is 19.0 Å². The molecule has 3 heterocycles. The zero-order valence-electron chi connectivity index (χ0n) is 15.9. The van der Waals surface area contributed by atoms with Crippen molar-refractivity contribution < 1.29 is 9.53 Å². The lowest BCUT2D eigenvalue weighted by atomic mass is 10.1. The maximum absolute atomic E-state index is 12.7. The minimum atomic E-state index is -0.211. The van der Waals surface area contributed by atoms with E-state index < -0.39 is 0 Å². The summed E-state index contributed by atoms with van der Waals surface area (Å²) in [5.41, 5.74) is 4.19. The van der Waals surface area contributed by atoms with E-state index in [1.807, 2.05) is 36.6 Å². The first-order valence-corrected chi connectivity index (χ1v) is 8.93. The van der Waals surface area contributed by atoms with E-state index in [4.69, 9.17) is 4.74 Å². The van der Waals surface area contributed by atoms with E-state index in [0.29, 0.717) is 35.6 Å². The molecule has 142 valence electrons. The Labute approximate surface area is 161 Å². The molecule has 0 aliphatic heterocycles. The molecule has 0 unspecified atom stereocenters. The van der Waals surface area contributed by atoms with E-state index in [9.17, 15) is 4.79 Å². The summed E-state index contributed by atoms with van der Waals surface area (Å²) in [7, 11) is 1.66. The predicted octanol–water partition coefficient (Wildman–Crippen LogP) is 2.89. The van der Waals surface area contributed by atoms with Crippen molar-refractivity contribution in [1.29, 1.82) is 0 Å². The quantitative estimate of drug-likeness (QED) is 0.575. The molecule has 0 radical (unpaired) electrons. The van der Waals surface area contributed by atoms with Crippen LogP contribution in [0.1, 0.15) is 21.9 Å². The molecule has 4 rings (SSSR count). The highest BCUT2D eigenvalue weighted by atomic mass is 16.5. The lowest BCUT2D eigenvalue weighted by molar-refractivity contribution is 0.102. The van der Waals surface area contributed by atoms with Gasteiger partial charge in [-0.15, -0.1) is 10.2 Å². The van der Waals surface area contributed by atoms with Crippen LogP contribution in [0.25, 0.3) is 22.1 Å². The molecule has 0 atom stereocenters. The molecule has 1 N–H and O–H groups in total. The Hall–Kier alpha value is -3.39. The number of nitrogens with one attached hydrogen (secondary N) is 1. The highest BCUT2D eigenvalue weighted by molar-refractivity contribution is 6.09. The Morgan fingerprint density at radius 2 is 2.04 bits per heavy atom. The number of aryl methyl sites for hydroxylation is 2. The molecule has 0 aliphatic carbocycles. The number of hydrogen-bond acceptors (Lipinski definition) is 6. The van der Waals surface area contributed by atoms with Crippen LogP contribution in [0.15, 0.2) is 36.5 Å². The third kappa shape index (κ3) is 3.29. The van der Waals surface area contributed by atoms with Crippen molar-refractivity contribution >= 4 is 33.7 Å². The summed E-state index contributed by atoms with van der Waals surface area (Å²) in [6.07, 6.45) is 1.64. The Balaban J connectivity index is 1.77. The summed E-state index contributed by atoms with van der Waals surface area (Å²) < 4.78 is 7.26. The van der Waals surface area contributed by atoms with Gasteiger partial charge in [0, 0.05) is 30.3 Å². The molecule has 0 aliphatic rings. The van der Waals surface area contributed by atoms with Crippen LogP contribution in [0.2, 0.25) is 0 Å². The van der Waals surface area contributed by atoms with Gasteiger partial charge in [-0.1, -0.05) is 0 Å². The Bertz CT molecular complexity index is 1170. The number of benzene rings is 1. The molecule has 8 heteroatoms. The van der Waals surface area contributed by atoms with E-state index in [0.717, 1.165) is 22.4 Å². The van der Waals surface area contributed by atoms with Gasteiger partial charge in [0.1, 0.15) is 5.82 Å². The third-order valence-corrected chi connectivity index (χ3v) is 4.59. The molecular formula is C20H20N6O2. The van der Waals surface area contributed by atoms with Crippen LogP contribution in [0, 0.1) is 13.8 Å². The minimum Gasteiger partial charge on any atom is -0.383 e. The molecule has 1 amide bonds. The number of carbonyl (C=O) groups is 1. The van der Waals surface area contributed by atoms with E-state index in [1.165, 1.54) is 0 Å². The van der Waals surface area contributed by atoms with Gasteiger partial charge in [-0.05, 0) is 44.2 Å². The first-order valence-electron chi connectivity index (χ1n) is 8.93. The molecule has 0 saturated carbocycles. The molecule has 0 bridgehead atoms.